The molecular weight excluding hydrogens is 244 g/mol. The van der Waals surface area contributed by atoms with Gasteiger partial charge < -0.3 is 15.4 Å². The predicted octanol–water partition coefficient (Wildman–Crippen LogP) is 0.185. The number of anilines is 1. The van der Waals surface area contributed by atoms with Crippen molar-refractivity contribution in [3.63, 3.8) is 0 Å². The Labute approximate surface area is 113 Å². The van der Waals surface area contributed by atoms with Gasteiger partial charge in [-0.15, -0.1) is 0 Å². The lowest BCUT2D eigenvalue weighted by Gasteiger charge is -2.26. The van der Waals surface area contributed by atoms with Crippen molar-refractivity contribution in [2.75, 3.05) is 51.8 Å². The Balaban J connectivity index is 1.73. The van der Waals surface area contributed by atoms with E-state index in [2.05, 4.69) is 20.5 Å². The Hall–Kier alpha value is -1.66. The minimum absolute atomic E-state index is 0.0802. The third-order valence-corrected chi connectivity index (χ3v) is 3.10. The number of nitrogens with zero attached hydrogens (tertiary/aromatic N) is 2. The SMILES string of the molecule is CNc1ccc(C(=O)NCCN2CCOCC2)cn1. The molecule has 2 heterocycles. The van der Waals surface area contributed by atoms with Crippen molar-refractivity contribution in [2.24, 2.45) is 0 Å². The molecule has 104 valence electrons. The second kappa shape index (κ2) is 7.06. The van der Waals surface area contributed by atoms with E-state index < -0.39 is 0 Å². The van der Waals surface area contributed by atoms with Crippen molar-refractivity contribution >= 4 is 11.7 Å². The molecule has 1 aromatic rings. The molecular formula is C13H20N4O2. The van der Waals surface area contributed by atoms with Gasteiger partial charge in [0.1, 0.15) is 5.82 Å². The third-order valence-electron chi connectivity index (χ3n) is 3.10. The first-order chi connectivity index (χ1) is 9.29. The van der Waals surface area contributed by atoms with E-state index in [0.717, 1.165) is 38.7 Å². The van der Waals surface area contributed by atoms with Gasteiger partial charge in [-0.3, -0.25) is 9.69 Å². The summed E-state index contributed by atoms with van der Waals surface area (Å²) in [6.07, 6.45) is 1.58. The number of carbonyl (C=O) groups excluding carboxylic acids is 1. The zero-order valence-corrected chi connectivity index (χ0v) is 11.2. The van der Waals surface area contributed by atoms with E-state index >= 15 is 0 Å². The zero-order chi connectivity index (χ0) is 13.5. The Morgan fingerprint density at radius 1 is 1.42 bits per heavy atom. The van der Waals surface area contributed by atoms with Crippen LogP contribution in [0.3, 0.4) is 0 Å². The van der Waals surface area contributed by atoms with Crippen molar-refractivity contribution in [3.05, 3.63) is 23.9 Å². The lowest BCUT2D eigenvalue weighted by Crippen LogP contribution is -2.41. The number of carbonyl (C=O) groups is 1. The van der Waals surface area contributed by atoms with E-state index in [9.17, 15) is 4.79 Å². The Bertz CT molecular complexity index is 402. The number of pyridine rings is 1. The first kappa shape index (κ1) is 13.8. The fraction of sp³-hybridized carbons (Fsp3) is 0.538. The molecule has 0 spiro atoms. The molecule has 6 heteroatoms. The van der Waals surface area contributed by atoms with Crippen molar-refractivity contribution in [1.82, 2.24) is 15.2 Å². The summed E-state index contributed by atoms with van der Waals surface area (Å²) < 4.78 is 5.28. The lowest BCUT2D eigenvalue weighted by molar-refractivity contribution is 0.0383. The Morgan fingerprint density at radius 3 is 2.84 bits per heavy atom. The number of amides is 1. The van der Waals surface area contributed by atoms with E-state index in [4.69, 9.17) is 4.74 Å². The normalized spacial score (nSPS) is 16.1. The topological polar surface area (TPSA) is 66.5 Å². The van der Waals surface area contributed by atoms with Gasteiger partial charge in [0.25, 0.3) is 5.91 Å². The van der Waals surface area contributed by atoms with Crippen LogP contribution in [0.5, 0.6) is 0 Å². The number of ether oxygens (including phenoxy) is 1. The van der Waals surface area contributed by atoms with Crippen LogP contribution in [-0.4, -0.2) is 62.2 Å². The Kier molecular flexibility index (Phi) is 5.11. The van der Waals surface area contributed by atoms with Crippen LogP contribution in [0, 0.1) is 0 Å². The molecule has 1 aliphatic heterocycles. The molecule has 0 aliphatic carbocycles. The molecule has 0 atom stereocenters. The van der Waals surface area contributed by atoms with Crippen molar-refractivity contribution < 1.29 is 9.53 Å². The number of hydrogen-bond donors (Lipinski definition) is 2. The van der Waals surface area contributed by atoms with Gasteiger partial charge in [-0.05, 0) is 12.1 Å². The van der Waals surface area contributed by atoms with Gasteiger partial charge in [0.2, 0.25) is 0 Å². The van der Waals surface area contributed by atoms with Crippen LogP contribution in [0.25, 0.3) is 0 Å². The molecule has 0 aromatic carbocycles. The smallest absolute Gasteiger partial charge is 0.252 e. The van der Waals surface area contributed by atoms with Crippen molar-refractivity contribution in [3.8, 4) is 0 Å². The first-order valence-electron chi connectivity index (χ1n) is 6.51. The standard InChI is InChI=1S/C13H20N4O2/c1-14-12-3-2-11(10-16-12)13(18)15-4-5-17-6-8-19-9-7-17/h2-3,10H,4-9H2,1H3,(H,14,16)(H,15,18). The van der Waals surface area contributed by atoms with E-state index in [1.54, 1.807) is 25.4 Å². The summed E-state index contributed by atoms with van der Waals surface area (Å²) in [5, 5.41) is 5.82. The maximum absolute atomic E-state index is 11.9. The largest absolute Gasteiger partial charge is 0.379 e. The number of nitrogens with one attached hydrogen (secondary N) is 2. The fourth-order valence-corrected chi connectivity index (χ4v) is 1.93. The number of morpholine rings is 1. The highest BCUT2D eigenvalue weighted by atomic mass is 16.5. The molecule has 2 N–H and O–H groups in total. The summed E-state index contributed by atoms with van der Waals surface area (Å²) in [6.45, 7) is 4.94. The molecule has 1 amide bonds. The second-order valence-electron chi connectivity index (χ2n) is 4.39. The molecule has 0 saturated carbocycles. The van der Waals surface area contributed by atoms with Gasteiger partial charge in [-0.1, -0.05) is 0 Å². The van der Waals surface area contributed by atoms with Crippen LogP contribution in [0.2, 0.25) is 0 Å². The minimum Gasteiger partial charge on any atom is -0.379 e. The average Bonchev–Trinajstić information content (AvgIpc) is 2.48. The molecule has 0 unspecified atom stereocenters. The van der Waals surface area contributed by atoms with Crippen LogP contribution in [0.15, 0.2) is 18.3 Å². The van der Waals surface area contributed by atoms with E-state index in [-0.39, 0.29) is 5.91 Å². The van der Waals surface area contributed by atoms with Gasteiger partial charge in [0.15, 0.2) is 0 Å². The third kappa shape index (κ3) is 4.18. The molecule has 1 aliphatic rings. The predicted molar refractivity (Wildman–Crippen MR) is 73.4 cm³/mol. The highest BCUT2D eigenvalue weighted by molar-refractivity contribution is 5.94. The molecule has 1 saturated heterocycles. The van der Waals surface area contributed by atoms with E-state index in [0.29, 0.717) is 12.1 Å². The van der Waals surface area contributed by atoms with Crippen LogP contribution in [-0.2, 0) is 4.74 Å². The number of rotatable bonds is 5. The van der Waals surface area contributed by atoms with Gasteiger partial charge in [0, 0.05) is 39.4 Å². The summed E-state index contributed by atoms with van der Waals surface area (Å²) in [5.41, 5.74) is 0.584. The highest BCUT2D eigenvalue weighted by Gasteiger charge is 2.10. The maximum Gasteiger partial charge on any atom is 0.252 e. The van der Waals surface area contributed by atoms with Crippen LogP contribution in [0.4, 0.5) is 5.82 Å². The van der Waals surface area contributed by atoms with E-state index in [1.165, 1.54) is 0 Å². The quantitative estimate of drug-likeness (QED) is 0.794. The van der Waals surface area contributed by atoms with Crippen molar-refractivity contribution in [2.45, 2.75) is 0 Å². The maximum atomic E-state index is 11.9. The zero-order valence-electron chi connectivity index (χ0n) is 11.2. The van der Waals surface area contributed by atoms with Crippen LogP contribution in [0.1, 0.15) is 10.4 Å². The summed E-state index contributed by atoms with van der Waals surface area (Å²) in [6, 6.07) is 3.56. The second-order valence-corrected chi connectivity index (χ2v) is 4.39. The summed E-state index contributed by atoms with van der Waals surface area (Å²) >= 11 is 0. The van der Waals surface area contributed by atoms with Gasteiger partial charge in [-0.2, -0.15) is 0 Å². The molecule has 0 bridgehead atoms. The van der Waals surface area contributed by atoms with Gasteiger partial charge in [0.05, 0.1) is 18.8 Å². The summed E-state index contributed by atoms with van der Waals surface area (Å²) in [7, 11) is 1.80. The first-order valence-corrected chi connectivity index (χ1v) is 6.51. The Morgan fingerprint density at radius 2 is 2.21 bits per heavy atom. The van der Waals surface area contributed by atoms with E-state index in [1.807, 2.05) is 0 Å². The molecule has 19 heavy (non-hydrogen) atoms. The fourth-order valence-electron chi connectivity index (χ4n) is 1.93. The number of aromatic nitrogens is 1. The monoisotopic (exact) mass is 264 g/mol. The average molecular weight is 264 g/mol. The van der Waals surface area contributed by atoms with Gasteiger partial charge >= 0.3 is 0 Å². The molecule has 1 aromatic heterocycles. The molecule has 0 radical (unpaired) electrons. The summed E-state index contributed by atoms with van der Waals surface area (Å²) in [5.74, 6) is 0.674. The highest BCUT2D eigenvalue weighted by Crippen LogP contribution is 2.03. The van der Waals surface area contributed by atoms with Crippen LogP contribution < -0.4 is 10.6 Å². The molecule has 2 rings (SSSR count). The van der Waals surface area contributed by atoms with Crippen LogP contribution >= 0.6 is 0 Å². The minimum atomic E-state index is -0.0802. The lowest BCUT2D eigenvalue weighted by atomic mass is 10.2. The van der Waals surface area contributed by atoms with Crippen molar-refractivity contribution in [1.29, 1.82) is 0 Å². The summed E-state index contributed by atoms with van der Waals surface area (Å²) in [4.78, 5) is 18.3. The van der Waals surface area contributed by atoms with Gasteiger partial charge in [-0.25, -0.2) is 4.98 Å². The molecule has 6 nitrogen and oxygen atoms in total. The molecule has 1 fully saturated rings. The number of hydrogen-bond acceptors (Lipinski definition) is 5.